The van der Waals surface area contributed by atoms with Crippen LogP contribution in [-0.2, 0) is 11.3 Å². The molecule has 2 rings (SSSR count). The summed E-state index contributed by atoms with van der Waals surface area (Å²) in [6.07, 6.45) is 0. The summed E-state index contributed by atoms with van der Waals surface area (Å²) in [6.45, 7) is 8.28. The first-order valence-corrected chi connectivity index (χ1v) is 8.09. The molecule has 1 aromatic carbocycles. The third-order valence-electron chi connectivity index (χ3n) is 3.65. The van der Waals surface area contributed by atoms with Crippen LogP contribution in [0.25, 0.3) is 0 Å². The lowest BCUT2D eigenvalue weighted by Gasteiger charge is -2.19. The third kappa shape index (κ3) is 4.41. The molecule has 21 heavy (non-hydrogen) atoms. The molecule has 0 aliphatic rings. The molecule has 0 aliphatic carbocycles. The van der Waals surface area contributed by atoms with Gasteiger partial charge in [-0.25, -0.2) is 0 Å². The highest BCUT2D eigenvalue weighted by molar-refractivity contribution is 7.09. The number of benzene rings is 1. The van der Waals surface area contributed by atoms with Crippen LogP contribution < -0.4 is 5.32 Å². The standard InChI is InChI=1S/C17H22N2OS/c1-4-19(11-15-8-6-10-21-15)12-17(20)18-16-9-5-7-13(2)14(16)3/h5-10H,4,11-12H2,1-3H3,(H,18,20). The van der Waals surface area contributed by atoms with Crippen molar-refractivity contribution >= 4 is 22.9 Å². The number of anilines is 1. The predicted molar refractivity (Wildman–Crippen MR) is 89.8 cm³/mol. The number of carbonyl (C=O) groups excluding carboxylic acids is 1. The van der Waals surface area contributed by atoms with Crippen molar-refractivity contribution in [1.29, 1.82) is 0 Å². The second-order valence-electron chi connectivity index (χ2n) is 5.18. The van der Waals surface area contributed by atoms with Gasteiger partial charge < -0.3 is 5.32 Å². The van der Waals surface area contributed by atoms with Crippen molar-refractivity contribution in [2.45, 2.75) is 27.3 Å². The number of likely N-dealkylation sites (N-methyl/N-ethyl adjacent to an activating group) is 1. The van der Waals surface area contributed by atoms with Crippen molar-refractivity contribution in [2.24, 2.45) is 0 Å². The summed E-state index contributed by atoms with van der Waals surface area (Å²) in [5, 5.41) is 5.09. The van der Waals surface area contributed by atoms with Crippen molar-refractivity contribution in [2.75, 3.05) is 18.4 Å². The number of amides is 1. The highest BCUT2D eigenvalue weighted by Gasteiger charge is 2.11. The summed E-state index contributed by atoms with van der Waals surface area (Å²) in [5.41, 5.74) is 3.23. The van der Waals surface area contributed by atoms with Crippen LogP contribution in [0.1, 0.15) is 22.9 Å². The molecule has 0 saturated carbocycles. The van der Waals surface area contributed by atoms with Crippen molar-refractivity contribution in [3.63, 3.8) is 0 Å². The number of thiophene rings is 1. The molecule has 0 radical (unpaired) electrons. The van der Waals surface area contributed by atoms with Gasteiger partial charge in [-0.15, -0.1) is 11.3 Å². The maximum absolute atomic E-state index is 12.2. The van der Waals surface area contributed by atoms with E-state index in [0.717, 1.165) is 24.3 Å². The van der Waals surface area contributed by atoms with E-state index in [0.29, 0.717) is 6.54 Å². The molecular formula is C17H22N2OS. The van der Waals surface area contributed by atoms with Gasteiger partial charge in [-0.05, 0) is 49.0 Å². The van der Waals surface area contributed by atoms with Crippen LogP contribution >= 0.6 is 11.3 Å². The van der Waals surface area contributed by atoms with Crippen LogP contribution in [0.2, 0.25) is 0 Å². The maximum atomic E-state index is 12.2. The summed E-state index contributed by atoms with van der Waals surface area (Å²) >= 11 is 1.73. The monoisotopic (exact) mass is 302 g/mol. The molecule has 3 nitrogen and oxygen atoms in total. The minimum absolute atomic E-state index is 0.0436. The smallest absolute Gasteiger partial charge is 0.238 e. The quantitative estimate of drug-likeness (QED) is 0.879. The minimum atomic E-state index is 0.0436. The molecule has 4 heteroatoms. The van der Waals surface area contributed by atoms with Gasteiger partial charge in [0.1, 0.15) is 0 Å². The van der Waals surface area contributed by atoms with Crippen LogP contribution in [0.15, 0.2) is 35.7 Å². The second-order valence-corrected chi connectivity index (χ2v) is 6.21. The Labute approximate surface area is 130 Å². The zero-order valence-corrected chi connectivity index (χ0v) is 13.7. The second kappa shape index (κ2) is 7.38. The first-order chi connectivity index (χ1) is 10.1. The molecule has 1 amide bonds. The molecule has 0 saturated heterocycles. The molecule has 0 atom stereocenters. The molecule has 1 aromatic heterocycles. The van der Waals surface area contributed by atoms with E-state index in [9.17, 15) is 4.79 Å². The summed E-state index contributed by atoms with van der Waals surface area (Å²) in [5.74, 6) is 0.0436. The third-order valence-corrected chi connectivity index (χ3v) is 4.51. The molecule has 0 fully saturated rings. The predicted octanol–water partition coefficient (Wildman–Crippen LogP) is 3.83. The normalized spacial score (nSPS) is 10.9. The fourth-order valence-electron chi connectivity index (χ4n) is 2.18. The average molecular weight is 302 g/mol. The Morgan fingerprint density at radius 2 is 2.05 bits per heavy atom. The topological polar surface area (TPSA) is 32.3 Å². The molecule has 0 unspecified atom stereocenters. The molecule has 112 valence electrons. The van der Waals surface area contributed by atoms with E-state index in [2.05, 4.69) is 41.6 Å². The van der Waals surface area contributed by atoms with Crippen LogP contribution in [-0.4, -0.2) is 23.9 Å². The highest BCUT2D eigenvalue weighted by Crippen LogP contribution is 2.18. The average Bonchev–Trinajstić information content (AvgIpc) is 2.96. The molecule has 0 spiro atoms. The van der Waals surface area contributed by atoms with E-state index in [4.69, 9.17) is 0 Å². The molecular weight excluding hydrogens is 280 g/mol. The van der Waals surface area contributed by atoms with E-state index in [1.807, 2.05) is 25.1 Å². The first kappa shape index (κ1) is 15.7. The Hall–Kier alpha value is -1.65. The SMILES string of the molecule is CCN(CC(=O)Nc1cccc(C)c1C)Cc1cccs1. The summed E-state index contributed by atoms with van der Waals surface area (Å²) in [7, 11) is 0. The van der Waals surface area contributed by atoms with Crippen molar-refractivity contribution in [3.8, 4) is 0 Å². The van der Waals surface area contributed by atoms with Gasteiger partial charge in [0.2, 0.25) is 5.91 Å². The number of carbonyl (C=O) groups is 1. The Balaban J connectivity index is 1.95. The zero-order valence-electron chi connectivity index (χ0n) is 12.8. The minimum Gasteiger partial charge on any atom is -0.325 e. The van der Waals surface area contributed by atoms with Crippen molar-refractivity contribution in [1.82, 2.24) is 4.90 Å². The molecule has 0 bridgehead atoms. The van der Waals surface area contributed by atoms with Gasteiger partial charge in [0, 0.05) is 17.1 Å². The van der Waals surface area contributed by atoms with Gasteiger partial charge in [0.25, 0.3) is 0 Å². The lowest BCUT2D eigenvalue weighted by molar-refractivity contribution is -0.117. The molecule has 1 heterocycles. The molecule has 0 aliphatic heterocycles. The van der Waals surface area contributed by atoms with Crippen molar-refractivity contribution in [3.05, 3.63) is 51.7 Å². The summed E-state index contributed by atoms with van der Waals surface area (Å²) in [6, 6.07) is 10.1. The van der Waals surface area contributed by atoms with Crippen LogP contribution in [0.5, 0.6) is 0 Å². The van der Waals surface area contributed by atoms with Gasteiger partial charge >= 0.3 is 0 Å². The number of nitrogens with zero attached hydrogens (tertiary/aromatic N) is 1. The van der Waals surface area contributed by atoms with Gasteiger partial charge in [0.05, 0.1) is 6.54 Å². The van der Waals surface area contributed by atoms with Gasteiger partial charge in [0.15, 0.2) is 0 Å². The fraction of sp³-hybridized carbons (Fsp3) is 0.353. The van der Waals surface area contributed by atoms with Crippen LogP contribution in [0.3, 0.4) is 0 Å². The number of aryl methyl sites for hydroxylation is 1. The van der Waals surface area contributed by atoms with Crippen LogP contribution in [0, 0.1) is 13.8 Å². The first-order valence-electron chi connectivity index (χ1n) is 7.21. The maximum Gasteiger partial charge on any atom is 0.238 e. The summed E-state index contributed by atoms with van der Waals surface area (Å²) < 4.78 is 0. The lowest BCUT2D eigenvalue weighted by atomic mass is 10.1. The Morgan fingerprint density at radius 3 is 2.71 bits per heavy atom. The number of hydrogen-bond acceptors (Lipinski definition) is 3. The van der Waals surface area contributed by atoms with E-state index in [1.165, 1.54) is 10.4 Å². The van der Waals surface area contributed by atoms with Crippen molar-refractivity contribution < 1.29 is 4.79 Å². The number of rotatable bonds is 6. The lowest BCUT2D eigenvalue weighted by Crippen LogP contribution is -2.32. The van der Waals surface area contributed by atoms with Crippen LogP contribution in [0.4, 0.5) is 5.69 Å². The largest absolute Gasteiger partial charge is 0.325 e. The Morgan fingerprint density at radius 1 is 1.24 bits per heavy atom. The Bertz CT molecular complexity index is 593. The van der Waals surface area contributed by atoms with Gasteiger partial charge in [-0.1, -0.05) is 25.1 Å². The van der Waals surface area contributed by atoms with E-state index >= 15 is 0 Å². The number of hydrogen-bond donors (Lipinski definition) is 1. The number of nitrogens with one attached hydrogen (secondary N) is 1. The van der Waals surface area contributed by atoms with E-state index in [-0.39, 0.29) is 5.91 Å². The zero-order chi connectivity index (χ0) is 15.2. The van der Waals surface area contributed by atoms with Gasteiger partial charge in [-0.2, -0.15) is 0 Å². The van der Waals surface area contributed by atoms with Gasteiger partial charge in [-0.3, -0.25) is 9.69 Å². The summed E-state index contributed by atoms with van der Waals surface area (Å²) in [4.78, 5) is 15.7. The van der Waals surface area contributed by atoms with E-state index < -0.39 is 0 Å². The highest BCUT2D eigenvalue weighted by atomic mass is 32.1. The molecule has 1 N–H and O–H groups in total. The van der Waals surface area contributed by atoms with E-state index in [1.54, 1.807) is 11.3 Å². The Kier molecular flexibility index (Phi) is 5.53. The fourth-order valence-corrected chi connectivity index (χ4v) is 2.93. The molecule has 2 aromatic rings.